The zero-order valence-corrected chi connectivity index (χ0v) is 13.2. The molecule has 0 aliphatic heterocycles. The molecule has 1 amide bonds. The zero-order chi connectivity index (χ0) is 13.2. The van der Waals surface area contributed by atoms with E-state index in [1.54, 1.807) is 0 Å². The summed E-state index contributed by atoms with van der Waals surface area (Å²) in [5, 5.41) is 3.29. The maximum absolute atomic E-state index is 12.3. The summed E-state index contributed by atoms with van der Waals surface area (Å²) >= 11 is 0. The van der Waals surface area contributed by atoms with E-state index in [-0.39, 0.29) is 12.4 Å². The second-order valence-electron chi connectivity index (χ2n) is 7.09. The van der Waals surface area contributed by atoms with Gasteiger partial charge in [-0.15, -0.1) is 12.4 Å². The SMILES string of the molecule is Cl.NCC1CCCCC1NC(=O)CC1CC2CCC1C2. The van der Waals surface area contributed by atoms with Gasteiger partial charge in [0.25, 0.3) is 0 Å². The fourth-order valence-electron chi connectivity index (χ4n) is 4.81. The second-order valence-corrected chi connectivity index (χ2v) is 7.09. The number of rotatable bonds is 4. The number of carbonyl (C=O) groups excluding carboxylic acids is 1. The number of halogens is 1. The van der Waals surface area contributed by atoms with Crippen LogP contribution in [0.15, 0.2) is 0 Å². The molecule has 0 aromatic carbocycles. The Kier molecular flexibility index (Phi) is 5.74. The fraction of sp³-hybridized carbons (Fsp3) is 0.938. The highest BCUT2D eigenvalue weighted by molar-refractivity contribution is 5.85. The van der Waals surface area contributed by atoms with Gasteiger partial charge < -0.3 is 11.1 Å². The summed E-state index contributed by atoms with van der Waals surface area (Å²) in [5.74, 6) is 3.28. The van der Waals surface area contributed by atoms with Gasteiger partial charge in [-0.25, -0.2) is 0 Å². The predicted octanol–water partition coefficient (Wildman–Crippen LogP) is 2.87. The van der Waals surface area contributed by atoms with Crippen LogP contribution in [0.1, 0.15) is 57.8 Å². The average molecular weight is 301 g/mol. The number of nitrogens with two attached hydrogens (primary N) is 1. The van der Waals surface area contributed by atoms with E-state index in [4.69, 9.17) is 5.73 Å². The summed E-state index contributed by atoms with van der Waals surface area (Å²) in [6.45, 7) is 0.721. The van der Waals surface area contributed by atoms with Gasteiger partial charge in [-0.2, -0.15) is 0 Å². The number of fused-ring (bicyclic) bond motifs is 2. The third-order valence-electron chi connectivity index (χ3n) is 5.89. The van der Waals surface area contributed by atoms with Crippen LogP contribution in [0.2, 0.25) is 0 Å². The molecular weight excluding hydrogens is 272 g/mol. The first-order valence-electron chi connectivity index (χ1n) is 8.25. The first kappa shape index (κ1) is 16.1. The molecule has 0 aromatic rings. The lowest BCUT2D eigenvalue weighted by Gasteiger charge is -2.32. The molecule has 5 unspecified atom stereocenters. The van der Waals surface area contributed by atoms with E-state index in [0.717, 1.165) is 31.2 Å². The lowest BCUT2D eigenvalue weighted by Crippen LogP contribution is -2.45. The van der Waals surface area contributed by atoms with Crippen LogP contribution in [0.25, 0.3) is 0 Å². The molecule has 3 nitrogen and oxygen atoms in total. The Hall–Kier alpha value is -0.280. The molecule has 5 atom stereocenters. The minimum atomic E-state index is 0. The lowest BCUT2D eigenvalue weighted by atomic mass is 9.83. The van der Waals surface area contributed by atoms with E-state index in [0.29, 0.717) is 23.8 Å². The highest BCUT2D eigenvalue weighted by Gasteiger charge is 2.40. The largest absolute Gasteiger partial charge is 0.353 e. The van der Waals surface area contributed by atoms with Gasteiger partial charge in [0.2, 0.25) is 5.91 Å². The van der Waals surface area contributed by atoms with Crippen LogP contribution in [0.5, 0.6) is 0 Å². The first-order valence-corrected chi connectivity index (χ1v) is 8.25. The molecule has 0 radical (unpaired) electrons. The van der Waals surface area contributed by atoms with Gasteiger partial charge in [0.05, 0.1) is 0 Å². The van der Waals surface area contributed by atoms with Crippen LogP contribution in [0, 0.1) is 23.7 Å². The third kappa shape index (κ3) is 3.48. The molecule has 3 aliphatic carbocycles. The van der Waals surface area contributed by atoms with E-state index < -0.39 is 0 Å². The van der Waals surface area contributed by atoms with Gasteiger partial charge in [0.1, 0.15) is 0 Å². The summed E-state index contributed by atoms with van der Waals surface area (Å²) in [6.07, 6.45) is 11.1. The van der Waals surface area contributed by atoms with Crippen molar-refractivity contribution in [3.05, 3.63) is 0 Å². The fourth-order valence-corrected chi connectivity index (χ4v) is 4.81. The van der Waals surface area contributed by atoms with Crippen LogP contribution in [0.3, 0.4) is 0 Å². The molecule has 3 N–H and O–H groups in total. The number of nitrogens with one attached hydrogen (secondary N) is 1. The maximum atomic E-state index is 12.3. The Morgan fingerprint density at radius 3 is 2.50 bits per heavy atom. The zero-order valence-electron chi connectivity index (χ0n) is 12.4. The molecule has 0 aromatic heterocycles. The van der Waals surface area contributed by atoms with Crippen molar-refractivity contribution in [1.82, 2.24) is 5.32 Å². The smallest absolute Gasteiger partial charge is 0.220 e. The minimum absolute atomic E-state index is 0. The summed E-state index contributed by atoms with van der Waals surface area (Å²) in [5.41, 5.74) is 5.83. The summed E-state index contributed by atoms with van der Waals surface area (Å²) in [6, 6.07) is 0.352. The van der Waals surface area contributed by atoms with E-state index in [9.17, 15) is 4.79 Å². The Labute approximate surface area is 128 Å². The van der Waals surface area contributed by atoms with Crippen molar-refractivity contribution >= 4 is 18.3 Å². The molecule has 2 bridgehead atoms. The van der Waals surface area contributed by atoms with Gasteiger partial charge >= 0.3 is 0 Å². The van der Waals surface area contributed by atoms with Gasteiger partial charge in [-0.05, 0) is 62.3 Å². The van der Waals surface area contributed by atoms with Crippen molar-refractivity contribution in [3.63, 3.8) is 0 Å². The van der Waals surface area contributed by atoms with Crippen molar-refractivity contribution in [2.45, 2.75) is 63.8 Å². The normalized spacial score (nSPS) is 39.4. The first-order chi connectivity index (χ1) is 9.26. The predicted molar refractivity (Wildman–Crippen MR) is 83.7 cm³/mol. The molecule has 3 saturated carbocycles. The van der Waals surface area contributed by atoms with Crippen molar-refractivity contribution in [1.29, 1.82) is 0 Å². The minimum Gasteiger partial charge on any atom is -0.353 e. The highest BCUT2D eigenvalue weighted by Crippen LogP contribution is 2.49. The number of amides is 1. The summed E-state index contributed by atoms with van der Waals surface area (Å²) in [7, 11) is 0. The standard InChI is InChI=1S/C16H28N2O.ClH/c17-10-13-3-1-2-4-15(13)18-16(19)9-14-8-11-5-6-12(14)7-11;/h11-15H,1-10,17H2,(H,18,19);1H. The lowest BCUT2D eigenvalue weighted by molar-refractivity contribution is -0.123. The molecule has 3 rings (SSSR count). The topological polar surface area (TPSA) is 55.1 Å². The van der Waals surface area contributed by atoms with Crippen molar-refractivity contribution in [2.24, 2.45) is 29.4 Å². The number of hydrogen-bond donors (Lipinski definition) is 2. The molecule has 20 heavy (non-hydrogen) atoms. The molecule has 3 fully saturated rings. The quantitative estimate of drug-likeness (QED) is 0.839. The van der Waals surface area contributed by atoms with Crippen LogP contribution >= 0.6 is 12.4 Å². The summed E-state index contributed by atoms with van der Waals surface area (Å²) < 4.78 is 0. The Bertz CT molecular complexity index is 336. The molecule has 116 valence electrons. The molecule has 4 heteroatoms. The van der Waals surface area contributed by atoms with Crippen LogP contribution < -0.4 is 11.1 Å². The molecule has 0 heterocycles. The van der Waals surface area contributed by atoms with Crippen molar-refractivity contribution in [2.75, 3.05) is 6.54 Å². The Balaban J connectivity index is 0.00000147. The highest BCUT2D eigenvalue weighted by atomic mass is 35.5. The Morgan fingerprint density at radius 2 is 1.85 bits per heavy atom. The van der Waals surface area contributed by atoms with Gasteiger partial charge in [-0.1, -0.05) is 19.3 Å². The van der Waals surface area contributed by atoms with E-state index in [2.05, 4.69) is 5.32 Å². The third-order valence-corrected chi connectivity index (χ3v) is 5.89. The van der Waals surface area contributed by atoms with Crippen LogP contribution in [-0.2, 0) is 4.79 Å². The maximum Gasteiger partial charge on any atom is 0.220 e. The number of hydrogen-bond acceptors (Lipinski definition) is 2. The molecule has 3 aliphatic rings. The van der Waals surface area contributed by atoms with E-state index in [1.807, 2.05) is 0 Å². The van der Waals surface area contributed by atoms with Crippen LogP contribution in [-0.4, -0.2) is 18.5 Å². The van der Waals surface area contributed by atoms with Crippen molar-refractivity contribution in [3.8, 4) is 0 Å². The summed E-state index contributed by atoms with van der Waals surface area (Å²) in [4.78, 5) is 12.3. The molecular formula is C16H29ClN2O. The second kappa shape index (κ2) is 7.13. The van der Waals surface area contributed by atoms with Crippen molar-refractivity contribution < 1.29 is 4.79 Å². The van der Waals surface area contributed by atoms with Gasteiger partial charge in [-0.3, -0.25) is 4.79 Å². The van der Waals surface area contributed by atoms with Gasteiger partial charge in [0.15, 0.2) is 0 Å². The molecule has 0 saturated heterocycles. The van der Waals surface area contributed by atoms with E-state index in [1.165, 1.54) is 44.9 Å². The average Bonchev–Trinajstić information content (AvgIpc) is 3.01. The monoisotopic (exact) mass is 300 g/mol. The molecule has 0 spiro atoms. The Morgan fingerprint density at radius 1 is 1.05 bits per heavy atom. The number of carbonyl (C=O) groups is 1. The van der Waals surface area contributed by atoms with E-state index >= 15 is 0 Å². The van der Waals surface area contributed by atoms with Gasteiger partial charge in [0, 0.05) is 12.5 Å². The van der Waals surface area contributed by atoms with Crippen LogP contribution in [0.4, 0.5) is 0 Å².